The lowest BCUT2D eigenvalue weighted by molar-refractivity contribution is -0.135. The molecule has 1 aromatic heterocycles. The van der Waals surface area contributed by atoms with Gasteiger partial charge in [0.2, 0.25) is 20.9 Å². The standard InChI is InChI=1S/C23H26FN3O3S/c1-31(29,30)23-25-20-9-5-6-10-21(20)27(23)16-22(28)26(19-7-3-2-4-8-19)15-17-11-13-18(24)14-12-17/h5-6,9-14,19H,2-4,7-8,15-16H2,1H3. The van der Waals surface area contributed by atoms with E-state index in [1.165, 1.54) is 16.7 Å². The van der Waals surface area contributed by atoms with Gasteiger partial charge in [-0.3, -0.25) is 4.79 Å². The van der Waals surface area contributed by atoms with Crippen LogP contribution in [0.1, 0.15) is 37.7 Å². The maximum Gasteiger partial charge on any atom is 0.243 e. The van der Waals surface area contributed by atoms with Crippen molar-refractivity contribution in [2.75, 3.05) is 6.26 Å². The Labute approximate surface area is 181 Å². The minimum Gasteiger partial charge on any atom is -0.334 e. The Kier molecular flexibility index (Phi) is 6.09. The van der Waals surface area contributed by atoms with Crippen molar-refractivity contribution in [1.82, 2.24) is 14.5 Å². The minimum absolute atomic E-state index is 0.0859. The van der Waals surface area contributed by atoms with E-state index in [1.54, 1.807) is 36.4 Å². The van der Waals surface area contributed by atoms with Gasteiger partial charge < -0.3 is 9.47 Å². The smallest absolute Gasteiger partial charge is 0.243 e. The average Bonchev–Trinajstić information content (AvgIpc) is 3.13. The van der Waals surface area contributed by atoms with Crippen LogP contribution in [0.3, 0.4) is 0 Å². The van der Waals surface area contributed by atoms with E-state index in [4.69, 9.17) is 0 Å². The van der Waals surface area contributed by atoms with Gasteiger partial charge in [-0.2, -0.15) is 0 Å². The van der Waals surface area contributed by atoms with Crippen LogP contribution < -0.4 is 0 Å². The molecule has 0 saturated heterocycles. The number of halogens is 1. The fourth-order valence-corrected chi connectivity index (χ4v) is 5.14. The summed E-state index contributed by atoms with van der Waals surface area (Å²) in [7, 11) is -3.62. The normalized spacial score (nSPS) is 15.3. The minimum atomic E-state index is -3.62. The molecule has 164 valence electrons. The molecule has 6 nitrogen and oxygen atoms in total. The Morgan fingerprint density at radius 3 is 2.45 bits per heavy atom. The number of carbonyl (C=O) groups is 1. The maximum absolute atomic E-state index is 13.5. The van der Waals surface area contributed by atoms with Gasteiger partial charge in [0, 0.05) is 18.8 Å². The Morgan fingerprint density at radius 2 is 1.77 bits per heavy atom. The summed E-state index contributed by atoms with van der Waals surface area (Å²) in [5.41, 5.74) is 2.00. The predicted molar refractivity (Wildman–Crippen MR) is 117 cm³/mol. The molecule has 0 radical (unpaired) electrons. The van der Waals surface area contributed by atoms with Crippen molar-refractivity contribution >= 4 is 26.8 Å². The van der Waals surface area contributed by atoms with E-state index >= 15 is 0 Å². The first-order valence-electron chi connectivity index (χ1n) is 10.5. The molecule has 1 amide bonds. The van der Waals surface area contributed by atoms with E-state index in [-0.39, 0.29) is 29.5 Å². The average molecular weight is 444 g/mol. The fourth-order valence-electron chi connectivity index (χ4n) is 4.32. The molecule has 1 aliphatic carbocycles. The number of benzene rings is 2. The Morgan fingerprint density at radius 1 is 1.10 bits per heavy atom. The van der Waals surface area contributed by atoms with Gasteiger partial charge in [-0.1, -0.05) is 43.5 Å². The van der Waals surface area contributed by atoms with Crippen molar-refractivity contribution in [1.29, 1.82) is 0 Å². The predicted octanol–water partition coefficient (Wildman–Crippen LogP) is 3.94. The first-order chi connectivity index (χ1) is 14.8. The molecule has 4 rings (SSSR count). The van der Waals surface area contributed by atoms with Gasteiger partial charge in [0.05, 0.1) is 11.0 Å². The zero-order valence-electron chi connectivity index (χ0n) is 17.5. The summed E-state index contributed by atoms with van der Waals surface area (Å²) in [5, 5.41) is -0.104. The highest BCUT2D eigenvalue weighted by molar-refractivity contribution is 7.90. The molecule has 0 aliphatic heterocycles. The summed E-state index contributed by atoms with van der Waals surface area (Å²) in [6.45, 7) is 0.255. The van der Waals surface area contributed by atoms with Gasteiger partial charge in [-0.15, -0.1) is 0 Å². The maximum atomic E-state index is 13.5. The SMILES string of the molecule is CS(=O)(=O)c1nc2ccccc2n1CC(=O)N(Cc1ccc(F)cc1)C1CCCCC1. The van der Waals surface area contributed by atoms with E-state index in [0.29, 0.717) is 17.6 Å². The molecule has 0 atom stereocenters. The van der Waals surface area contributed by atoms with E-state index in [1.807, 2.05) is 4.90 Å². The van der Waals surface area contributed by atoms with Crippen molar-refractivity contribution in [3.63, 3.8) is 0 Å². The molecule has 0 unspecified atom stereocenters. The van der Waals surface area contributed by atoms with Crippen LogP contribution in [-0.2, 0) is 27.7 Å². The Hall–Kier alpha value is -2.74. The number of para-hydroxylation sites is 2. The van der Waals surface area contributed by atoms with Gasteiger partial charge in [0.1, 0.15) is 12.4 Å². The summed E-state index contributed by atoms with van der Waals surface area (Å²) in [6, 6.07) is 13.3. The molecular weight excluding hydrogens is 417 g/mol. The molecular formula is C23H26FN3O3S. The van der Waals surface area contributed by atoms with Crippen molar-refractivity contribution in [2.45, 2.75) is 56.4 Å². The third kappa shape index (κ3) is 4.79. The molecule has 0 N–H and O–H groups in total. The molecule has 8 heteroatoms. The topological polar surface area (TPSA) is 72.3 Å². The van der Waals surface area contributed by atoms with Crippen molar-refractivity contribution in [3.05, 3.63) is 59.9 Å². The zero-order chi connectivity index (χ0) is 22.0. The van der Waals surface area contributed by atoms with Gasteiger partial charge >= 0.3 is 0 Å². The number of nitrogens with zero attached hydrogens (tertiary/aromatic N) is 3. The first kappa shape index (κ1) is 21.5. The Balaban J connectivity index is 1.68. The molecule has 0 spiro atoms. The van der Waals surface area contributed by atoms with E-state index in [2.05, 4.69) is 4.98 Å². The fraction of sp³-hybridized carbons (Fsp3) is 0.391. The molecule has 1 fully saturated rings. The second kappa shape index (κ2) is 8.78. The highest BCUT2D eigenvalue weighted by Crippen LogP contribution is 2.26. The van der Waals surface area contributed by atoms with Crippen molar-refractivity contribution < 1.29 is 17.6 Å². The number of sulfone groups is 1. The van der Waals surface area contributed by atoms with Gasteiger partial charge in [0.15, 0.2) is 0 Å². The van der Waals surface area contributed by atoms with Crippen LogP contribution >= 0.6 is 0 Å². The van der Waals surface area contributed by atoms with Gasteiger partial charge in [-0.05, 0) is 42.7 Å². The highest BCUT2D eigenvalue weighted by atomic mass is 32.2. The van der Waals surface area contributed by atoms with Crippen molar-refractivity contribution in [2.24, 2.45) is 0 Å². The molecule has 31 heavy (non-hydrogen) atoms. The lowest BCUT2D eigenvalue weighted by Gasteiger charge is -2.35. The number of fused-ring (bicyclic) bond motifs is 1. The van der Waals surface area contributed by atoms with E-state index in [9.17, 15) is 17.6 Å². The molecule has 1 saturated carbocycles. The van der Waals surface area contributed by atoms with Crippen LogP contribution in [0.2, 0.25) is 0 Å². The van der Waals surface area contributed by atoms with Gasteiger partial charge in [-0.25, -0.2) is 17.8 Å². The summed E-state index contributed by atoms with van der Waals surface area (Å²) >= 11 is 0. The second-order valence-corrected chi connectivity index (χ2v) is 10.1. The van der Waals surface area contributed by atoms with Crippen molar-refractivity contribution in [3.8, 4) is 0 Å². The van der Waals surface area contributed by atoms with Crippen LogP contribution in [-0.4, -0.2) is 41.1 Å². The summed E-state index contributed by atoms with van der Waals surface area (Å²) in [6.07, 6.45) is 6.19. The number of imidazole rings is 1. The van der Waals surface area contributed by atoms with Crippen LogP contribution in [0.25, 0.3) is 11.0 Å². The number of carbonyl (C=O) groups excluding carboxylic acids is 1. The number of hydrogen-bond acceptors (Lipinski definition) is 4. The zero-order valence-corrected chi connectivity index (χ0v) is 18.3. The molecule has 1 heterocycles. The lowest BCUT2D eigenvalue weighted by atomic mass is 9.93. The summed E-state index contributed by atoms with van der Waals surface area (Å²) < 4.78 is 39.6. The van der Waals surface area contributed by atoms with E-state index in [0.717, 1.165) is 43.9 Å². The molecule has 1 aliphatic rings. The number of hydrogen-bond donors (Lipinski definition) is 0. The highest BCUT2D eigenvalue weighted by Gasteiger charge is 2.28. The van der Waals surface area contributed by atoms with E-state index < -0.39 is 9.84 Å². The molecule has 0 bridgehead atoms. The number of aromatic nitrogens is 2. The Bertz CT molecular complexity index is 1180. The lowest BCUT2D eigenvalue weighted by Crippen LogP contribution is -2.42. The number of rotatable bonds is 6. The van der Waals surface area contributed by atoms with Crippen LogP contribution in [0.5, 0.6) is 0 Å². The number of amides is 1. The quantitative estimate of drug-likeness (QED) is 0.579. The van der Waals surface area contributed by atoms with Gasteiger partial charge in [0.25, 0.3) is 0 Å². The second-order valence-electron chi connectivity index (χ2n) is 8.18. The monoisotopic (exact) mass is 443 g/mol. The first-order valence-corrected chi connectivity index (χ1v) is 12.4. The largest absolute Gasteiger partial charge is 0.334 e. The molecule has 2 aromatic carbocycles. The summed E-state index contributed by atoms with van der Waals surface area (Å²) in [5.74, 6) is -0.480. The summed E-state index contributed by atoms with van der Waals surface area (Å²) in [4.78, 5) is 19.6. The molecule has 3 aromatic rings. The van der Waals surface area contributed by atoms with Crippen LogP contribution in [0, 0.1) is 5.82 Å². The third-order valence-corrected chi connectivity index (χ3v) is 6.82. The van der Waals surface area contributed by atoms with Crippen LogP contribution in [0.4, 0.5) is 4.39 Å². The van der Waals surface area contributed by atoms with Crippen LogP contribution in [0.15, 0.2) is 53.7 Å². The third-order valence-electron chi connectivity index (χ3n) is 5.85.